The van der Waals surface area contributed by atoms with Gasteiger partial charge in [0.2, 0.25) is 0 Å². The predicted octanol–water partition coefficient (Wildman–Crippen LogP) is 3.03. The molecule has 2 aromatic carbocycles. The molecule has 4 rings (SSSR count). The fraction of sp³-hybridized carbons (Fsp3) is 0. The van der Waals surface area contributed by atoms with Crippen LogP contribution in [-0.2, 0) is 0 Å². The van der Waals surface area contributed by atoms with E-state index in [9.17, 15) is 14.9 Å². The molecule has 0 amide bonds. The van der Waals surface area contributed by atoms with Gasteiger partial charge in [-0.1, -0.05) is 35.9 Å². The number of nitrogens with zero attached hydrogens (tertiary/aromatic N) is 6. The zero-order chi connectivity index (χ0) is 19.7. The first-order valence-corrected chi connectivity index (χ1v) is 8.41. The van der Waals surface area contributed by atoms with Gasteiger partial charge in [-0.05, 0) is 18.2 Å². The molecule has 0 atom stereocenters. The van der Waals surface area contributed by atoms with Gasteiger partial charge in [0.15, 0.2) is 5.65 Å². The zero-order valence-electron chi connectivity index (χ0n) is 14.1. The topological polar surface area (TPSA) is 108 Å². The molecule has 0 aliphatic rings. The van der Waals surface area contributed by atoms with Gasteiger partial charge in [0, 0.05) is 11.6 Å². The molecular formula is C18H11ClN6O3. The van der Waals surface area contributed by atoms with Gasteiger partial charge in [-0.15, -0.1) is 0 Å². The fourth-order valence-corrected chi connectivity index (χ4v) is 2.81. The third kappa shape index (κ3) is 3.14. The van der Waals surface area contributed by atoms with Crippen LogP contribution in [0, 0.1) is 10.1 Å². The third-order valence-electron chi connectivity index (χ3n) is 3.97. The molecule has 0 radical (unpaired) electrons. The molecule has 0 saturated carbocycles. The van der Waals surface area contributed by atoms with Crippen molar-refractivity contribution in [1.82, 2.24) is 19.4 Å². The average Bonchev–Trinajstić information content (AvgIpc) is 3.14. The highest BCUT2D eigenvalue weighted by Crippen LogP contribution is 2.24. The van der Waals surface area contributed by atoms with Crippen LogP contribution in [0.1, 0.15) is 5.56 Å². The maximum atomic E-state index is 12.7. The Hall–Kier alpha value is -3.85. The maximum absolute atomic E-state index is 12.7. The van der Waals surface area contributed by atoms with Crippen molar-refractivity contribution in [2.45, 2.75) is 0 Å². The van der Waals surface area contributed by atoms with Gasteiger partial charge in [0.25, 0.3) is 11.2 Å². The van der Waals surface area contributed by atoms with E-state index in [0.717, 1.165) is 10.4 Å². The first-order chi connectivity index (χ1) is 13.5. The molecule has 0 bridgehead atoms. The number of benzene rings is 2. The standard InChI is InChI=1S/C18H11ClN6O3/c19-15-7-6-12(8-16(15)25(27)28)9-21-23-11-20-17-14(18(23)26)10-22-24(17)13-4-2-1-3-5-13/h1-11H/b21-9-. The highest BCUT2D eigenvalue weighted by Gasteiger charge is 2.13. The van der Waals surface area contributed by atoms with Crippen LogP contribution >= 0.6 is 11.6 Å². The van der Waals surface area contributed by atoms with Gasteiger partial charge in [0.05, 0.1) is 23.0 Å². The summed E-state index contributed by atoms with van der Waals surface area (Å²) in [5.41, 5.74) is 0.953. The van der Waals surface area contributed by atoms with Gasteiger partial charge >= 0.3 is 0 Å². The fourth-order valence-electron chi connectivity index (χ4n) is 2.62. The van der Waals surface area contributed by atoms with Crippen molar-refractivity contribution in [2.24, 2.45) is 5.10 Å². The van der Waals surface area contributed by atoms with E-state index in [-0.39, 0.29) is 10.7 Å². The summed E-state index contributed by atoms with van der Waals surface area (Å²) >= 11 is 5.79. The van der Waals surface area contributed by atoms with Crippen molar-refractivity contribution >= 4 is 34.5 Å². The summed E-state index contributed by atoms with van der Waals surface area (Å²) in [6, 6.07) is 13.5. The molecular weight excluding hydrogens is 384 g/mol. The molecule has 2 heterocycles. The molecule has 138 valence electrons. The Morgan fingerprint density at radius 3 is 2.71 bits per heavy atom. The SMILES string of the molecule is O=c1c2cnn(-c3ccccc3)c2ncn1/N=C\c1ccc(Cl)c([N+](=O)[O-])c1. The van der Waals surface area contributed by atoms with Crippen molar-refractivity contribution in [3.8, 4) is 5.69 Å². The first-order valence-electron chi connectivity index (χ1n) is 8.04. The lowest BCUT2D eigenvalue weighted by atomic mass is 10.2. The number of aromatic nitrogens is 4. The van der Waals surface area contributed by atoms with E-state index in [0.29, 0.717) is 16.6 Å². The Labute approximate surface area is 162 Å². The second-order valence-corrected chi connectivity index (χ2v) is 6.14. The van der Waals surface area contributed by atoms with Crippen LogP contribution in [0.25, 0.3) is 16.7 Å². The van der Waals surface area contributed by atoms with Gasteiger partial charge in [-0.3, -0.25) is 14.9 Å². The molecule has 10 heteroatoms. The van der Waals surface area contributed by atoms with E-state index in [1.54, 1.807) is 10.7 Å². The predicted molar refractivity (Wildman–Crippen MR) is 104 cm³/mol. The number of fused-ring (bicyclic) bond motifs is 1. The second kappa shape index (κ2) is 7.05. The maximum Gasteiger partial charge on any atom is 0.288 e. The highest BCUT2D eigenvalue weighted by molar-refractivity contribution is 6.32. The van der Waals surface area contributed by atoms with Gasteiger partial charge in [-0.2, -0.15) is 14.9 Å². The van der Waals surface area contributed by atoms with Crippen molar-refractivity contribution in [1.29, 1.82) is 0 Å². The molecule has 0 spiro atoms. The summed E-state index contributed by atoms with van der Waals surface area (Å²) in [5.74, 6) is 0. The number of hydrogen-bond donors (Lipinski definition) is 0. The monoisotopic (exact) mass is 394 g/mol. The number of hydrogen-bond acceptors (Lipinski definition) is 6. The van der Waals surface area contributed by atoms with Crippen LogP contribution in [0.15, 0.2) is 71.0 Å². The molecule has 0 aliphatic carbocycles. The second-order valence-electron chi connectivity index (χ2n) is 5.74. The average molecular weight is 395 g/mol. The van der Waals surface area contributed by atoms with Crippen molar-refractivity contribution in [3.63, 3.8) is 0 Å². The van der Waals surface area contributed by atoms with E-state index in [4.69, 9.17) is 11.6 Å². The zero-order valence-corrected chi connectivity index (χ0v) is 14.9. The molecule has 0 saturated heterocycles. The van der Waals surface area contributed by atoms with Crippen molar-refractivity contribution < 1.29 is 4.92 Å². The quantitative estimate of drug-likeness (QED) is 0.300. The van der Waals surface area contributed by atoms with E-state index in [1.807, 2.05) is 30.3 Å². The minimum atomic E-state index is -0.586. The highest BCUT2D eigenvalue weighted by atomic mass is 35.5. The Kier molecular flexibility index (Phi) is 4.42. The molecule has 0 fully saturated rings. The van der Waals surface area contributed by atoms with Gasteiger partial charge in [-0.25, -0.2) is 9.67 Å². The molecule has 0 N–H and O–H groups in total. The number of halogens is 1. The smallest absolute Gasteiger partial charge is 0.266 e. The van der Waals surface area contributed by atoms with Gasteiger partial charge < -0.3 is 0 Å². The molecule has 28 heavy (non-hydrogen) atoms. The minimum Gasteiger partial charge on any atom is -0.266 e. The summed E-state index contributed by atoms with van der Waals surface area (Å²) in [4.78, 5) is 27.3. The Morgan fingerprint density at radius 2 is 1.96 bits per heavy atom. The Morgan fingerprint density at radius 1 is 1.18 bits per heavy atom. The summed E-state index contributed by atoms with van der Waals surface area (Å²) in [7, 11) is 0. The first kappa shape index (κ1) is 17.6. The number of nitro benzene ring substituents is 1. The number of nitro groups is 1. The van der Waals surface area contributed by atoms with Gasteiger partial charge in [0.1, 0.15) is 16.7 Å². The summed E-state index contributed by atoms with van der Waals surface area (Å²) in [6.07, 6.45) is 4.02. The van der Waals surface area contributed by atoms with Crippen LogP contribution < -0.4 is 5.56 Å². The largest absolute Gasteiger partial charge is 0.288 e. The molecule has 4 aromatic rings. The van der Waals surface area contributed by atoms with Crippen molar-refractivity contribution in [3.05, 3.63) is 92.1 Å². The van der Waals surface area contributed by atoms with E-state index in [2.05, 4.69) is 15.2 Å². The summed E-state index contributed by atoms with van der Waals surface area (Å²) in [6.45, 7) is 0. The summed E-state index contributed by atoms with van der Waals surface area (Å²) in [5, 5.41) is 19.6. The van der Waals surface area contributed by atoms with E-state index >= 15 is 0 Å². The van der Waals surface area contributed by atoms with E-state index in [1.165, 1.54) is 30.9 Å². The van der Waals surface area contributed by atoms with E-state index < -0.39 is 10.5 Å². The van der Waals surface area contributed by atoms with Crippen LogP contribution in [0.3, 0.4) is 0 Å². The lowest BCUT2D eigenvalue weighted by Gasteiger charge is -2.02. The van der Waals surface area contributed by atoms with Crippen LogP contribution in [0.5, 0.6) is 0 Å². The third-order valence-corrected chi connectivity index (χ3v) is 4.29. The molecule has 2 aromatic heterocycles. The van der Waals surface area contributed by atoms with Crippen molar-refractivity contribution in [2.75, 3.05) is 0 Å². The number of para-hydroxylation sites is 1. The van der Waals surface area contributed by atoms with Crippen LogP contribution in [0.2, 0.25) is 5.02 Å². The molecule has 0 unspecified atom stereocenters. The van der Waals surface area contributed by atoms with Crippen LogP contribution in [-0.4, -0.2) is 30.6 Å². The Bertz CT molecular complexity index is 1280. The van der Waals surface area contributed by atoms with Crippen LogP contribution in [0.4, 0.5) is 5.69 Å². The normalized spacial score (nSPS) is 11.3. The lowest BCUT2D eigenvalue weighted by Crippen LogP contribution is -2.17. The molecule has 0 aliphatic heterocycles. The Balaban J connectivity index is 1.72. The summed E-state index contributed by atoms with van der Waals surface area (Å²) < 4.78 is 2.60. The minimum absolute atomic E-state index is 0.0238. The number of rotatable bonds is 4. The molecule has 9 nitrogen and oxygen atoms in total. The lowest BCUT2D eigenvalue weighted by molar-refractivity contribution is -0.384.